The van der Waals surface area contributed by atoms with Gasteiger partial charge in [0.2, 0.25) is 0 Å². The van der Waals surface area contributed by atoms with Crippen LogP contribution in [0.1, 0.15) is 49.4 Å². The highest BCUT2D eigenvalue weighted by molar-refractivity contribution is 5.94. The van der Waals surface area contributed by atoms with Crippen molar-refractivity contribution in [2.24, 2.45) is 0 Å². The molecule has 2 saturated heterocycles. The molecule has 2 aliphatic rings. The normalized spacial score (nSPS) is 23.1. The summed E-state index contributed by atoms with van der Waals surface area (Å²) in [5, 5.41) is 9.58. The molecule has 22 heavy (non-hydrogen) atoms. The van der Waals surface area contributed by atoms with Crippen molar-refractivity contribution in [3.63, 3.8) is 0 Å². The maximum atomic E-state index is 12.7. The monoisotopic (exact) mass is 303 g/mol. The zero-order valence-electron chi connectivity index (χ0n) is 13.2. The fourth-order valence-corrected chi connectivity index (χ4v) is 3.55. The SMILES string of the molecule is CC(O)CC1CCCN1C(=O)c1ccc(N2CCCC2)nc1. The number of anilines is 1. The minimum absolute atomic E-state index is 0.0450. The molecular formula is C17H25N3O2. The van der Waals surface area contributed by atoms with E-state index >= 15 is 0 Å². The van der Waals surface area contributed by atoms with E-state index in [1.807, 2.05) is 17.0 Å². The van der Waals surface area contributed by atoms with Crippen LogP contribution in [0.2, 0.25) is 0 Å². The zero-order valence-corrected chi connectivity index (χ0v) is 13.2. The van der Waals surface area contributed by atoms with Crippen LogP contribution in [0.3, 0.4) is 0 Å². The van der Waals surface area contributed by atoms with Crippen molar-refractivity contribution in [3.8, 4) is 0 Å². The summed E-state index contributed by atoms with van der Waals surface area (Å²) in [6.07, 6.45) is 6.43. The number of aromatic nitrogens is 1. The molecular weight excluding hydrogens is 278 g/mol. The molecule has 2 atom stereocenters. The van der Waals surface area contributed by atoms with E-state index in [1.165, 1.54) is 12.8 Å². The van der Waals surface area contributed by atoms with Crippen LogP contribution in [0, 0.1) is 0 Å². The molecule has 2 aliphatic heterocycles. The number of aliphatic hydroxyl groups excluding tert-OH is 1. The second kappa shape index (κ2) is 6.65. The minimum atomic E-state index is -0.367. The van der Waals surface area contributed by atoms with Gasteiger partial charge in [0.15, 0.2) is 0 Å². The van der Waals surface area contributed by atoms with E-state index < -0.39 is 0 Å². The fraction of sp³-hybridized carbons (Fsp3) is 0.647. The number of nitrogens with zero attached hydrogens (tertiary/aromatic N) is 3. The molecule has 1 aromatic rings. The van der Waals surface area contributed by atoms with Crippen LogP contribution < -0.4 is 4.90 Å². The molecule has 2 fully saturated rings. The number of likely N-dealkylation sites (tertiary alicyclic amines) is 1. The van der Waals surface area contributed by atoms with Crippen LogP contribution in [0.15, 0.2) is 18.3 Å². The molecule has 1 amide bonds. The van der Waals surface area contributed by atoms with E-state index in [0.29, 0.717) is 12.0 Å². The summed E-state index contributed by atoms with van der Waals surface area (Å²) in [5.74, 6) is 1.01. The molecule has 0 bridgehead atoms. The topological polar surface area (TPSA) is 56.7 Å². The number of hydrogen-bond donors (Lipinski definition) is 1. The van der Waals surface area contributed by atoms with E-state index in [-0.39, 0.29) is 18.1 Å². The maximum absolute atomic E-state index is 12.7. The van der Waals surface area contributed by atoms with Crippen molar-refractivity contribution >= 4 is 11.7 Å². The molecule has 1 aromatic heterocycles. The Bertz CT molecular complexity index is 509. The van der Waals surface area contributed by atoms with Crippen LogP contribution in [0.5, 0.6) is 0 Å². The summed E-state index contributed by atoms with van der Waals surface area (Å²) >= 11 is 0. The number of aliphatic hydroxyl groups is 1. The average molecular weight is 303 g/mol. The first-order valence-corrected chi connectivity index (χ1v) is 8.35. The lowest BCUT2D eigenvalue weighted by Crippen LogP contribution is -2.37. The Morgan fingerprint density at radius 1 is 1.32 bits per heavy atom. The van der Waals surface area contributed by atoms with Crippen molar-refractivity contribution in [2.75, 3.05) is 24.5 Å². The third-order valence-corrected chi connectivity index (χ3v) is 4.68. The standard InChI is InChI=1S/C17H25N3O2/c1-13(21)11-15-5-4-10-20(15)17(22)14-6-7-16(18-12-14)19-8-2-3-9-19/h6-7,12-13,15,21H,2-5,8-11H2,1H3. The first-order chi connectivity index (χ1) is 10.6. The molecule has 3 rings (SSSR count). The molecule has 120 valence electrons. The molecule has 5 heteroatoms. The van der Waals surface area contributed by atoms with Gasteiger partial charge in [0.05, 0.1) is 11.7 Å². The lowest BCUT2D eigenvalue weighted by atomic mass is 10.1. The van der Waals surface area contributed by atoms with Crippen molar-refractivity contribution in [2.45, 2.75) is 51.2 Å². The Kier molecular flexibility index (Phi) is 4.62. The lowest BCUT2D eigenvalue weighted by molar-refractivity contribution is 0.0681. The predicted octanol–water partition coefficient (Wildman–Crippen LogP) is 2.06. The van der Waals surface area contributed by atoms with Crippen molar-refractivity contribution in [1.82, 2.24) is 9.88 Å². The third-order valence-electron chi connectivity index (χ3n) is 4.68. The highest BCUT2D eigenvalue weighted by Crippen LogP contribution is 2.24. The first-order valence-electron chi connectivity index (χ1n) is 8.35. The van der Waals surface area contributed by atoms with Gasteiger partial charge in [-0.1, -0.05) is 0 Å². The summed E-state index contributed by atoms with van der Waals surface area (Å²) in [4.78, 5) is 21.3. The van der Waals surface area contributed by atoms with Crippen molar-refractivity contribution < 1.29 is 9.90 Å². The molecule has 0 saturated carbocycles. The van der Waals surface area contributed by atoms with Crippen LogP contribution in [0.4, 0.5) is 5.82 Å². The number of hydrogen-bond acceptors (Lipinski definition) is 4. The average Bonchev–Trinajstić information content (AvgIpc) is 3.17. The van der Waals surface area contributed by atoms with Gasteiger partial charge in [-0.3, -0.25) is 4.79 Å². The lowest BCUT2D eigenvalue weighted by Gasteiger charge is -2.26. The minimum Gasteiger partial charge on any atom is -0.393 e. The third kappa shape index (κ3) is 3.24. The molecule has 0 radical (unpaired) electrons. The Morgan fingerprint density at radius 2 is 2.09 bits per heavy atom. The smallest absolute Gasteiger partial charge is 0.255 e. The van der Waals surface area contributed by atoms with Crippen molar-refractivity contribution in [1.29, 1.82) is 0 Å². The Labute approximate surface area is 131 Å². The second-order valence-electron chi connectivity index (χ2n) is 6.48. The molecule has 0 aliphatic carbocycles. The Hall–Kier alpha value is -1.62. The van der Waals surface area contributed by atoms with Gasteiger partial charge in [0.1, 0.15) is 5.82 Å². The number of carbonyl (C=O) groups is 1. The summed E-state index contributed by atoms with van der Waals surface area (Å²) in [7, 11) is 0. The van der Waals surface area contributed by atoms with Crippen LogP contribution >= 0.6 is 0 Å². The van der Waals surface area contributed by atoms with E-state index in [9.17, 15) is 9.90 Å². The van der Waals surface area contributed by atoms with Crippen LogP contribution in [0.25, 0.3) is 0 Å². The van der Waals surface area contributed by atoms with E-state index in [1.54, 1.807) is 13.1 Å². The molecule has 2 unspecified atom stereocenters. The second-order valence-corrected chi connectivity index (χ2v) is 6.48. The molecule has 3 heterocycles. The summed E-state index contributed by atoms with van der Waals surface area (Å²) in [6.45, 7) is 4.68. The molecule has 0 spiro atoms. The van der Waals surface area contributed by atoms with Gasteiger partial charge in [0, 0.05) is 31.9 Å². The Morgan fingerprint density at radius 3 is 2.73 bits per heavy atom. The first kappa shape index (κ1) is 15.3. The summed E-state index contributed by atoms with van der Waals surface area (Å²) < 4.78 is 0. The van der Waals surface area contributed by atoms with Gasteiger partial charge in [0.25, 0.3) is 5.91 Å². The largest absolute Gasteiger partial charge is 0.393 e. The van der Waals surface area contributed by atoms with Gasteiger partial charge < -0.3 is 14.9 Å². The maximum Gasteiger partial charge on any atom is 0.255 e. The quantitative estimate of drug-likeness (QED) is 0.925. The predicted molar refractivity (Wildman–Crippen MR) is 86.0 cm³/mol. The number of amides is 1. The van der Waals surface area contributed by atoms with E-state index in [2.05, 4.69) is 9.88 Å². The number of carbonyl (C=O) groups excluding carboxylic acids is 1. The summed E-state index contributed by atoms with van der Waals surface area (Å²) in [5.41, 5.74) is 0.653. The van der Waals surface area contributed by atoms with E-state index in [0.717, 1.165) is 38.3 Å². The van der Waals surface area contributed by atoms with Gasteiger partial charge in [-0.15, -0.1) is 0 Å². The highest BCUT2D eigenvalue weighted by Gasteiger charge is 2.30. The highest BCUT2D eigenvalue weighted by atomic mass is 16.3. The summed E-state index contributed by atoms with van der Waals surface area (Å²) in [6, 6.07) is 4.00. The van der Waals surface area contributed by atoms with Gasteiger partial charge in [-0.25, -0.2) is 4.98 Å². The van der Waals surface area contributed by atoms with E-state index in [4.69, 9.17) is 0 Å². The fourth-order valence-electron chi connectivity index (χ4n) is 3.55. The number of pyridine rings is 1. The zero-order chi connectivity index (χ0) is 15.5. The molecule has 1 N–H and O–H groups in total. The van der Waals surface area contributed by atoms with Crippen LogP contribution in [-0.4, -0.2) is 52.7 Å². The molecule has 5 nitrogen and oxygen atoms in total. The molecule has 0 aromatic carbocycles. The van der Waals surface area contributed by atoms with Gasteiger partial charge in [-0.2, -0.15) is 0 Å². The van der Waals surface area contributed by atoms with Gasteiger partial charge >= 0.3 is 0 Å². The Balaban J connectivity index is 1.68. The number of rotatable bonds is 4. The van der Waals surface area contributed by atoms with Crippen LogP contribution in [-0.2, 0) is 0 Å². The van der Waals surface area contributed by atoms with Crippen molar-refractivity contribution in [3.05, 3.63) is 23.9 Å². The van der Waals surface area contributed by atoms with Gasteiger partial charge in [-0.05, 0) is 51.2 Å².